The van der Waals surface area contributed by atoms with E-state index in [1.807, 2.05) is 13.8 Å². The maximum Gasteiger partial charge on any atom is 0.417 e. The lowest BCUT2D eigenvalue weighted by molar-refractivity contribution is -0.138. The number of halogens is 4. The van der Waals surface area contributed by atoms with Gasteiger partial charge in [0.15, 0.2) is 0 Å². The van der Waals surface area contributed by atoms with Crippen molar-refractivity contribution in [2.24, 2.45) is 5.92 Å². The predicted octanol–water partition coefficient (Wildman–Crippen LogP) is 2.95. The Balaban J connectivity index is 2.11. The van der Waals surface area contributed by atoms with Gasteiger partial charge in [-0.3, -0.25) is 9.59 Å². The summed E-state index contributed by atoms with van der Waals surface area (Å²) in [6.07, 6.45) is -3.14. The number of pyridine rings is 1. The van der Waals surface area contributed by atoms with Crippen molar-refractivity contribution in [2.75, 3.05) is 31.1 Å². The average Bonchev–Trinajstić information content (AvgIpc) is 2.84. The zero-order valence-electron chi connectivity index (χ0n) is 16.0. The molecule has 0 radical (unpaired) electrons. The molecule has 28 heavy (non-hydrogen) atoms. The molecule has 2 amide bonds. The van der Waals surface area contributed by atoms with Gasteiger partial charge in [0, 0.05) is 39.3 Å². The van der Waals surface area contributed by atoms with Crippen molar-refractivity contribution in [3.8, 4) is 0 Å². The van der Waals surface area contributed by atoms with Crippen LogP contribution in [0.2, 0.25) is 5.02 Å². The molecule has 1 aliphatic heterocycles. The molecule has 2 heterocycles. The maximum atomic E-state index is 12.8. The number of rotatable bonds is 4. The molecule has 156 valence electrons. The first-order valence-electron chi connectivity index (χ1n) is 9.04. The zero-order chi connectivity index (χ0) is 21.1. The Morgan fingerprint density at radius 3 is 2.43 bits per heavy atom. The first-order chi connectivity index (χ1) is 13.0. The molecular weight excluding hydrogens is 397 g/mol. The van der Waals surface area contributed by atoms with Crippen LogP contribution in [0.5, 0.6) is 0 Å². The monoisotopic (exact) mass is 420 g/mol. The summed E-state index contributed by atoms with van der Waals surface area (Å²) in [5.74, 6) is -0.240. The van der Waals surface area contributed by atoms with Gasteiger partial charge in [-0.2, -0.15) is 13.2 Å². The SMILES string of the molecule is CC(=O)NC(C(=O)N1CCCN(c2ncc(C(F)(F)F)cc2Cl)CC1)C(C)C. The van der Waals surface area contributed by atoms with E-state index in [4.69, 9.17) is 11.6 Å². The van der Waals surface area contributed by atoms with E-state index in [0.29, 0.717) is 32.6 Å². The van der Waals surface area contributed by atoms with E-state index in [1.54, 1.807) is 9.80 Å². The Morgan fingerprint density at radius 1 is 1.21 bits per heavy atom. The van der Waals surface area contributed by atoms with Crippen molar-refractivity contribution in [2.45, 2.75) is 39.4 Å². The molecule has 0 aliphatic carbocycles. The highest BCUT2D eigenvalue weighted by molar-refractivity contribution is 6.33. The Morgan fingerprint density at radius 2 is 1.89 bits per heavy atom. The van der Waals surface area contributed by atoms with Crippen LogP contribution in [0, 0.1) is 5.92 Å². The molecule has 1 saturated heterocycles. The summed E-state index contributed by atoms with van der Waals surface area (Å²) in [7, 11) is 0. The minimum absolute atomic E-state index is 0.0678. The van der Waals surface area contributed by atoms with Crippen LogP contribution in [0.4, 0.5) is 19.0 Å². The fraction of sp³-hybridized carbons (Fsp3) is 0.611. The Labute approximate surface area is 167 Å². The Bertz CT molecular complexity index is 727. The second-order valence-corrected chi connectivity index (χ2v) is 7.52. The van der Waals surface area contributed by atoms with Crippen LogP contribution >= 0.6 is 11.6 Å². The molecule has 1 aliphatic rings. The van der Waals surface area contributed by atoms with E-state index in [0.717, 1.165) is 12.3 Å². The lowest BCUT2D eigenvalue weighted by Crippen LogP contribution is -2.51. The molecule has 1 fully saturated rings. The summed E-state index contributed by atoms with van der Waals surface area (Å²) in [4.78, 5) is 31.6. The van der Waals surface area contributed by atoms with Crippen LogP contribution in [-0.2, 0) is 15.8 Å². The number of carbonyl (C=O) groups excluding carboxylic acids is 2. The lowest BCUT2D eigenvalue weighted by Gasteiger charge is -2.29. The van der Waals surface area contributed by atoms with Crippen molar-refractivity contribution in [3.63, 3.8) is 0 Å². The summed E-state index contributed by atoms with van der Waals surface area (Å²) in [6, 6.07) is 0.250. The van der Waals surface area contributed by atoms with E-state index >= 15 is 0 Å². The maximum absolute atomic E-state index is 12.8. The van der Waals surface area contributed by atoms with Crippen LogP contribution in [0.1, 0.15) is 32.8 Å². The average molecular weight is 421 g/mol. The number of alkyl halides is 3. The van der Waals surface area contributed by atoms with Gasteiger partial charge in [-0.15, -0.1) is 0 Å². The van der Waals surface area contributed by atoms with Crippen molar-refractivity contribution >= 4 is 29.2 Å². The van der Waals surface area contributed by atoms with Gasteiger partial charge in [0.2, 0.25) is 11.8 Å². The highest BCUT2D eigenvalue weighted by atomic mass is 35.5. The van der Waals surface area contributed by atoms with E-state index in [2.05, 4.69) is 10.3 Å². The van der Waals surface area contributed by atoms with Crippen molar-refractivity contribution < 1.29 is 22.8 Å². The van der Waals surface area contributed by atoms with Gasteiger partial charge in [-0.1, -0.05) is 25.4 Å². The van der Waals surface area contributed by atoms with Crippen LogP contribution < -0.4 is 10.2 Å². The highest BCUT2D eigenvalue weighted by Gasteiger charge is 2.33. The van der Waals surface area contributed by atoms with Crippen LogP contribution in [0.15, 0.2) is 12.3 Å². The van der Waals surface area contributed by atoms with Gasteiger partial charge in [-0.25, -0.2) is 4.98 Å². The summed E-state index contributed by atoms with van der Waals surface area (Å²) >= 11 is 6.04. The number of nitrogens with one attached hydrogen (secondary N) is 1. The molecule has 1 atom stereocenters. The van der Waals surface area contributed by atoms with Gasteiger partial charge in [0.25, 0.3) is 0 Å². The van der Waals surface area contributed by atoms with E-state index in [-0.39, 0.29) is 28.6 Å². The van der Waals surface area contributed by atoms with Crippen LogP contribution in [0.3, 0.4) is 0 Å². The van der Waals surface area contributed by atoms with Gasteiger partial charge >= 0.3 is 6.18 Å². The first-order valence-corrected chi connectivity index (χ1v) is 9.42. The Kier molecular flexibility index (Phi) is 7.14. The van der Waals surface area contributed by atoms with Crippen LogP contribution in [-0.4, -0.2) is 53.9 Å². The molecule has 0 bridgehead atoms. The summed E-state index contributed by atoms with van der Waals surface area (Å²) in [5.41, 5.74) is -0.900. The molecular formula is C18H24ClF3N4O2. The Hall–Kier alpha value is -2.03. The first kappa shape index (κ1) is 22.3. The van der Waals surface area contributed by atoms with Gasteiger partial charge in [0.1, 0.15) is 11.9 Å². The van der Waals surface area contributed by atoms with Gasteiger partial charge in [-0.05, 0) is 18.4 Å². The number of anilines is 1. The van der Waals surface area contributed by atoms with Crippen molar-refractivity contribution in [1.29, 1.82) is 0 Å². The highest BCUT2D eigenvalue weighted by Crippen LogP contribution is 2.33. The number of carbonyl (C=O) groups is 2. The van der Waals surface area contributed by atoms with Gasteiger partial charge in [0.05, 0.1) is 10.6 Å². The standard InChI is InChI=1S/C18H24ClF3N4O2/c1-11(2)15(24-12(3)27)17(28)26-6-4-5-25(7-8-26)16-14(19)9-13(10-23-16)18(20,21)22/h9-11,15H,4-8H2,1-3H3,(H,24,27). The molecule has 1 unspecified atom stereocenters. The van der Waals surface area contributed by atoms with Crippen LogP contribution in [0.25, 0.3) is 0 Å². The molecule has 1 aromatic heterocycles. The fourth-order valence-corrected chi connectivity index (χ4v) is 3.38. The lowest BCUT2D eigenvalue weighted by atomic mass is 10.0. The third-order valence-electron chi connectivity index (χ3n) is 4.55. The number of hydrogen-bond donors (Lipinski definition) is 1. The fourth-order valence-electron chi connectivity index (χ4n) is 3.10. The van der Waals surface area contributed by atoms with E-state index < -0.39 is 17.8 Å². The molecule has 1 aromatic rings. The summed E-state index contributed by atoms with van der Waals surface area (Å²) < 4.78 is 38.4. The topological polar surface area (TPSA) is 65.5 Å². The van der Waals surface area contributed by atoms with Crippen molar-refractivity contribution in [1.82, 2.24) is 15.2 Å². The number of amides is 2. The van der Waals surface area contributed by atoms with E-state index in [9.17, 15) is 22.8 Å². The normalized spacial score (nSPS) is 16.7. The summed E-state index contributed by atoms with van der Waals surface area (Å²) in [5, 5.41) is 2.61. The summed E-state index contributed by atoms with van der Waals surface area (Å²) in [6.45, 7) is 6.81. The minimum Gasteiger partial charge on any atom is -0.354 e. The largest absolute Gasteiger partial charge is 0.417 e. The minimum atomic E-state index is -4.51. The molecule has 0 spiro atoms. The molecule has 10 heteroatoms. The smallest absolute Gasteiger partial charge is 0.354 e. The number of aromatic nitrogens is 1. The predicted molar refractivity (Wildman–Crippen MR) is 100 cm³/mol. The molecule has 2 rings (SSSR count). The second-order valence-electron chi connectivity index (χ2n) is 7.12. The molecule has 1 N–H and O–H groups in total. The van der Waals surface area contributed by atoms with Crippen molar-refractivity contribution in [3.05, 3.63) is 22.8 Å². The number of nitrogens with zero attached hydrogens (tertiary/aromatic N) is 3. The quantitative estimate of drug-likeness (QED) is 0.813. The molecule has 0 aromatic carbocycles. The molecule has 6 nitrogen and oxygen atoms in total. The zero-order valence-corrected chi connectivity index (χ0v) is 16.8. The second kappa shape index (κ2) is 8.98. The third kappa shape index (κ3) is 5.50. The molecule has 0 saturated carbocycles. The van der Waals surface area contributed by atoms with E-state index in [1.165, 1.54) is 6.92 Å². The van der Waals surface area contributed by atoms with Gasteiger partial charge < -0.3 is 15.1 Å². The third-order valence-corrected chi connectivity index (χ3v) is 4.83. The number of hydrogen-bond acceptors (Lipinski definition) is 4.